The predicted molar refractivity (Wildman–Crippen MR) is 79.8 cm³/mol. The second-order valence-corrected chi connectivity index (χ2v) is 6.09. The van der Waals surface area contributed by atoms with Gasteiger partial charge in [0.2, 0.25) is 0 Å². The number of hydrogen-bond acceptors (Lipinski definition) is 6. The van der Waals surface area contributed by atoms with Crippen LogP contribution < -0.4 is 10.5 Å². The molecule has 2 rings (SSSR count). The fourth-order valence-corrected chi connectivity index (χ4v) is 2.97. The largest absolute Gasteiger partial charge is 0.494 e. The van der Waals surface area contributed by atoms with E-state index in [0.717, 1.165) is 34.4 Å². The van der Waals surface area contributed by atoms with Gasteiger partial charge in [-0.25, -0.2) is 4.98 Å². The molecule has 0 aliphatic rings. The third-order valence-electron chi connectivity index (χ3n) is 2.51. The van der Waals surface area contributed by atoms with Crippen molar-refractivity contribution in [2.45, 2.75) is 23.7 Å². The second kappa shape index (κ2) is 7.47. The van der Waals surface area contributed by atoms with Crippen molar-refractivity contribution in [2.75, 3.05) is 12.4 Å². The predicted octanol–water partition coefficient (Wildman–Crippen LogP) is 3.12. The van der Waals surface area contributed by atoms with E-state index in [1.165, 1.54) is 11.5 Å². The first-order valence-electron chi connectivity index (χ1n) is 6.17. The Morgan fingerprint density at radius 2 is 2.16 bits per heavy atom. The monoisotopic (exact) mass is 295 g/mol. The van der Waals surface area contributed by atoms with Gasteiger partial charge in [-0.05, 0) is 35.6 Å². The summed E-state index contributed by atoms with van der Waals surface area (Å²) in [6.45, 7) is 2.84. The maximum Gasteiger partial charge on any atom is 0.169 e. The molecule has 4 nitrogen and oxygen atoms in total. The molecule has 2 N–H and O–H groups in total. The fraction of sp³-hybridized carbons (Fsp3) is 0.385. The molecule has 19 heavy (non-hydrogen) atoms. The van der Waals surface area contributed by atoms with Crippen LogP contribution in [0.5, 0.6) is 5.75 Å². The molecule has 0 aliphatic heterocycles. The minimum Gasteiger partial charge on any atom is -0.494 e. The second-order valence-electron chi connectivity index (χ2n) is 4.04. The summed E-state index contributed by atoms with van der Waals surface area (Å²) in [5.41, 5.74) is 7.27. The van der Waals surface area contributed by atoms with Crippen LogP contribution in [0.3, 0.4) is 0 Å². The molecule has 0 spiro atoms. The van der Waals surface area contributed by atoms with Crippen molar-refractivity contribution in [3.8, 4) is 5.75 Å². The van der Waals surface area contributed by atoms with Gasteiger partial charge in [0.15, 0.2) is 4.34 Å². The van der Waals surface area contributed by atoms with Crippen molar-refractivity contribution in [1.29, 1.82) is 0 Å². The molecular weight excluding hydrogens is 278 g/mol. The lowest BCUT2D eigenvalue weighted by atomic mass is 10.1. The summed E-state index contributed by atoms with van der Waals surface area (Å²) < 4.78 is 10.5. The standard InChI is InChI=1S/C13H17N3OS2/c1-2-7-17-11-5-3-10(4-6-11)12(14)8-18-13-15-9-16-19-13/h3-6,9,12H,2,7-8,14H2,1H3. The van der Waals surface area contributed by atoms with E-state index in [9.17, 15) is 0 Å². The fourth-order valence-electron chi connectivity index (χ4n) is 1.52. The molecule has 0 saturated carbocycles. The first kappa shape index (κ1) is 14.3. The van der Waals surface area contributed by atoms with Crippen LogP contribution in [-0.4, -0.2) is 21.7 Å². The van der Waals surface area contributed by atoms with Gasteiger partial charge < -0.3 is 10.5 Å². The highest BCUT2D eigenvalue weighted by Gasteiger charge is 2.08. The number of aromatic nitrogens is 2. The number of nitrogens with two attached hydrogens (primary N) is 1. The summed E-state index contributed by atoms with van der Waals surface area (Å²) in [5, 5.41) is 0. The molecule has 0 aliphatic carbocycles. The Balaban J connectivity index is 1.86. The van der Waals surface area contributed by atoms with Crippen LogP contribution in [0.25, 0.3) is 0 Å². The van der Waals surface area contributed by atoms with Gasteiger partial charge in [0.05, 0.1) is 6.61 Å². The molecule has 102 valence electrons. The summed E-state index contributed by atoms with van der Waals surface area (Å²) in [7, 11) is 0. The number of ether oxygens (including phenoxy) is 1. The van der Waals surface area contributed by atoms with Crippen molar-refractivity contribution in [3.05, 3.63) is 36.2 Å². The third-order valence-corrected chi connectivity index (χ3v) is 4.43. The summed E-state index contributed by atoms with van der Waals surface area (Å²) in [6, 6.07) is 7.99. The van der Waals surface area contributed by atoms with Crippen LogP contribution in [0.15, 0.2) is 34.9 Å². The van der Waals surface area contributed by atoms with E-state index in [1.807, 2.05) is 24.3 Å². The molecule has 1 unspecified atom stereocenters. The molecule has 1 atom stereocenters. The molecule has 0 saturated heterocycles. The van der Waals surface area contributed by atoms with Crippen molar-refractivity contribution < 1.29 is 4.74 Å². The van der Waals surface area contributed by atoms with Gasteiger partial charge >= 0.3 is 0 Å². The Morgan fingerprint density at radius 1 is 1.37 bits per heavy atom. The normalized spacial score (nSPS) is 12.3. The molecule has 0 fully saturated rings. The summed E-state index contributed by atoms with van der Waals surface area (Å²) >= 11 is 3.03. The van der Waals surface area contributed by atoms with E-state index >= 15 is 0 Å². The zero-order valence-electron chi connectivity index (χ0n) is 10.8. The van der Waals surface area contributed by atoms with Gasteiger partial charge in [-0.3, -0.25) is 0 Å². The van der Waals surface area contributed by atoms with Crippen molar-refractivity contribution in [1.82, 2.24) is 9.36 Å². The lowest BCUT2D eigenvalue weighted by Gasteiger charge is -2.11. The molecule has 1 heterocycles. The van der Waals surface area contributed by atoms with E-state index in [4.69, 9.17) is 10.5 Å². The SMILES string of the molecule is CCCOc1ccc(C(N)CSc2ncns2)cc1. The number of hydrogen-bond donors (Lipinski definition) is 1. The average Bonchev–Trinajstić information content (AvgIpc) is 2.96. The number of thioether (sulfide) groups is 1. The van der Waals surface area contributed by atoms with Crippen LogP contribution in [0, 0.1) is 0 Å². The molecule has 2 aromatic rings. The van der Waals surface area contributed by atoms with Crippen LogP contribution in [0.4, 0.5) is 0 Å². The quantitative estimate of drug-likeness (QED) is 0.795. The van der Waals surface area contributed by atoms with Crippen LogP contribution in [0.2, 0.25) is 0 Å². The molecule has 1 aromatic carbocycles. The van der Waals surface area contributed by atoms with Crippen molar-refractivity contribution >= 4 is 23.3 Å². The van der Waals surface area contributed by atoms with E-state index in [1.54, 1.807) is 18.1 Å². The Morgan fingerprint density at radius 3 is 2.79 bits per heavy atom. The average molecular weight is 295 g/mol. The lowest BCUT2D eigenvalue weighted by Crippen LogP contribution is -2.12. The van der Waals surface area contributed by atoms with Gasteiger partial charge in [-0.1, -0.05) is 30.8 Å². The summed E-state index contributed by atoms with van der Waals surface area (Å²) in [4.78, 5) is 4.12. The smallest absolute Gasteiger partial charge is 0.169 e. The van der Waals surface area contributed by atoms with Gasteiger partial charge in [0, 0.05) is 11.8 Å². The summed E-state index contributed by atoms with van der Waals surface area (Å²) in [6.07, 6.45) is 2.58. The molecule has 6 heteroatoms. The Hall–Kier alpha value is -1.11. The minimum absolute atomic E-state index is 0.00544. The maximum atomic E-state index is 6.16. The van der Waals surface area contributed by atoms with Crippen molar-refractivity contribution in [2.24, 2.45) is 5.73 Å². The van der Waals surface area contributed by atoms with Gasteiger partial charge in [0.25, 0.3) is 0 Å². The molecule has 0 amide bonds. The zero-order chi connectivity index (χ0) is 13.5. The summed E-state index contributed by atoms with van der Waals surface area (Å²) in [5.74, 6) is 1.69. The first-order chi connectivity index (χ1) is 9.29. The Labute approximate surface area is 121 Å². The van der Waals surface area contributed by atoms with Crippen LogP contribution in [-0.2, 0) is 0 Å². The van der Waals surface area contributed by atoms with Gasteiger partial charge in [-0.2, -0.15) is 4.37 Å². The lowest BCUT2D eigenvalue weighted by molar-refractivity contribution is 0.317. The molecule has 0 bridgehead atoms. The maximum absolute atomic E-state index is 6.16. The molecule has 0 radical (unpaired) electrons. The van der Waals surface area contributed by atoms with E-state index in [2.05, 4.69) is 16.3 Å². The minimum atomic E-state index is -0.00544. The number of benzene rings is 1. The highest BCUT2D eigenvalue weighted by atomic mass is 32.2. The Bertz CT molecular complexity index is 473. The highest BCUT2D eigenvalue weighted by Crippen LogP contribution is 2.24. The van der Waals surface area contributed by atoms with E-state index < -0.39 is 0 Å². The van der Waals surface area contributed by atoms with Crippen LogP contribution >= 0.6 is 23.3 Å². The topological polar surface area (TPSA) is 61.0 Å². The van der Waals surface area contributed by atoms with Crippen LogP contribution in [0.1, 0.15) is 24.9 Å². The molecular formula is C13H17N3OS2. The van der Waals surface area contributed by atoms with E-state index in [0.29, 0.717) is 0 Å². The number of nitrogens with zero attached hydrogens (tertiary/aromatic N) is 2. The van der Waals surface area contributed by atoms with E-state index in [-0.39, 0.29) is 6.04 Å². The highest BCUT2D eigenvalue weighted by molar-refractivity contribution is 8.00. The first-order valence-corrected chi connectivity index (χ1v) is 7.93. The molecule has 1 aromatic heterocycles. The zero-order valence-corrected chi connectivity index (χ0v) is 12.4. The Kier molecular flexibility index (Phi) is 5.62. The van der Waals surface area contributed by atoms with Gasteiger partial charge in [-0.15, -0.1) is 0 Å². The van der Waals surface area contributed by atoms with Crippen molar-refractivity contribution in [3.63, 3.8) is 0 Å². The van der Waals surface area contributed by atoms with Gasteiger partial charge in [0.1, 0.15) is 12.1 Å². The number of rotatable bonds is 7. The third kappa shape index (κ3) is 4.49.